The lowest BCUT2D eigenvalue weighted by Gasteiger charge is -2.21. The van der Waals surface area contributed by atoms with Crippen LogP contribution in [0.4, 0.5) is 0 Å². The summed E-state index contributed by atoms with van der Waals surface area (Å²) in [5.41, 5.74) is 0. The fourth-order valence-electron chi connectivity index (χ4n) is 2.97. The summed E-state index contributed by atoms with van der Waals surface area (Å²) < 4.78 is 0. The number of allylic oxidation sites excluding steroid dienone is 2. The van der Waals surface area contributed by atoms with Crippen LogP contribution < -0.4 is 0 Å². The van der Waals surface area contributed by atoms with Gasteiger partial charge in [0.2, 0.25) is 5.91 Å². The molecule has 1 amide bonds. The highest BCUT2D eigenvalue weighted by molar-refractivity contribution is 5.82. The third kappa shape index (κ3) is 12.7. The third-order valence-corrected chi connectivity index (χ3v) is 4.70. The van der Waals surface area contributed by atoms with Crippen LogP contribution in [-0.4, -0.2) is 35.0 Å². The van der Waals surface area contributed by atoms with Gasteiger partial charge in [0.25, 0.3) is 0 Å². The van der Waals surface area contributed by atoms with Gasteiger partial charge in [-0.3, -0.25) is 9.59 Å². The van der Waals surface area contributed by atoms with Crippen LogP contribution in [0, 0.1) is 5.92 Å². The van der Waals surface area contributed by atoms with Gasteiger partial charge in [-0.25, -0.2) is 0 Å². The first kappa shape index (κ1) is 23.7. The number of carbonyl (C=O) groups is 2. The second-order valence-corrected chi connectivity index (χ2v) is 6.76. The van der Waals surface area contributed by atoms with E-state index < -0.39 is 11.9 Å². The number of unbranched alkanes of at least 4 members (excludes halogenated alkanes) is 7. The van der Waals surface area contributed by atoms with Gasteiger partial charge in [0.1, 0.15) is 0 Å². The lowest BCUT2D eigenvalue weighted by atomic mass is 9.96. The quantitative estimate of drug-likeness (QED) is 0.297. The molecule has 0 fully saturated rings. The Labute approximate surface area is 154 Å². The minimum Gasteiger partial charge on any atom is -0.481 e. The Morgan fingerprint density at radius 2 is 1.44 bits per heavy atom. The molecule has 1 atom stereocenters. The van der Waals surface area contributed by atoms with Gasteiger partial charge in [-0.1, -0.05) is 57.6 Å². The maximum absolute atomic E-state index is 12.1. The fraction of sp³-hybridized carbons (Fsp3) is 0.810. The fourth-order valence-corrected chi connectivity index (χ4v) is 2.97. The maximum Gasteiger partial charge on any atom is 0.307 e. The Morgan fingerprint density at radius 1 is 0.880 bits per heavy atom. The highest BCUT2D eigenvalue weighted by atomic mass is 16.4. The Morgan fingerprint density at radius 3 is 2.00 bits per heavy atom. The highest BCUT2D eigenvalue weighted by Gasteiger charge is 2.22. The molecule has 4 heteroatoms. The molecule has 0 aliphatic carbocycles. The Balaban J connectivity index is 3.82. The monoisotopic (exact) mass is 353 g/mol. The van der Waals surface area contributed by atoms with Crippen LogP contribution in [-0.2, 0) is 9.59 Å². The molecule has 0 saturated heterocycles. The Kier molecular flexibility index (Phi) is 15.3. The minimum absolute atomic E-state index is 0.0349. The molecule has 0 aliphatic heterocycles. The van der Waals surface area contributed by atoms with E-state index in [9.17, 15) is 14.7 Å². The van der Waals surface area contributed by atoms with Crippen molar-refractivity contribution in [2.45, 2.75) is 91.4 Å². The second kappa shape index (κ2) is 16.2. The number of hydrogen-bond donors (Lipinski definition) is 1. The molecule has 146 valence electrons. The Hall–Kier alpha value is -1.32. The molecule has 1 N–H and O–H groups in total. The Bertz CT molecular complexity index is 375. The average Bonchev–Trinajstić information content (AvgIpc) is 2.59. The predicted octanol–water partition coefficient (Wildman–Crippen LogP) is 5.42. The van der Waals surface area contributed by atoms with Crippen LogP contribution in [0.5, 0.6) is 0 Å². The zero-order chi connectivity index (χ0) is 18.9. The number of carboxylic acids is 1. The minimum atomic E-state index is -0.835. The van der Waals surface area contributed by atoms with Crippen LogP contribution in [0.2, 0.25) is 0 Å². The van der Waals surface area contributed by atoms with E-state index in [4.69, 9.17) is 0 Å². The standard InChI is InChI=1S/C21H39NO3/c1-4-7-8-9-10-11-12-13-14-15-16-17-19(21(24)25)18-20(23)22(5-2)6-3/h9-10,19H,4-8,11-18H2,1-3H3,(H,24,25)/b10-9+. The van der Waals surface area contributed by atoms with E-state index in [1.807, 2.05) is 13.8 Å². The number of carboxylic acid groups (broad SMARTS) is 1. The van der Waals surface area contributed by atoms with Crippen molar-refractivity contribution in [2.24, 2.45) is 5.92 Å². The number of nitrogens with zero attached hydrogens (tertiary/aromatic N) is 1. The normalized spacial score (nSPS) is 12.4. The molecule has 0 aromatic carbocycles. The molecule has 0 spiro atoms. The first-order valence-corrected chi connectivity index (χ1v) is 10.2. The van der Waals surface area contributed by atoms with Gasteiger partial charge < -0.3 is 10.0 Å². The molecule has 0 rings (SSSR count). The van der Waals surface area contributed by atoms with Gasteiger partial charge in [-0.05, 0) is 39.5 Å². The van der Waals surface area contributed by atoms with Crippen molar-refractivity contribution in [2.75, 3.05) is 13.1 Å². The molecule has 0 heterocycles. The summed E-state index contributed by atoms with van der Waals surface area (Å²) in [6.45, 7) is 7.36. The smallest absolute Gasteiger partial charge is 0.307 e. The molecule has 0 aromatic rings. The van der Waals surface area contributed by atoms with Crippen molar-refractivity contribution in [1.82, 2.24) is 4.90 Å². The second-order valence-electron chi connectivity index (χ2n) is 6.76. The van der Waals surface area contributed by atoms with Crippen molar-refractivity contribution in [3.05, 3.63) is 12.2 Å². The van der Waals surface area contributed by atoms with E-state index in [2.05, 4.69) is 19.1 Å². The van der Waals surface area contributed by atoms with Crippen molar-refractivity contribution < 1.29 is 14.7 Å². The van der Waals surface area contributed by atoms with Gasteiger partial charge in [0.05, 0.1) is 5.92 Å². The number of carbonyl (C=O) groups excluding carboxylic acids is 1. The molecule has 0 aliphatic rings. The predicted molar refractivity (Wildman–Crippen MR) is 105 cm³/mol. The lowest BCUT2D eigenvalue weighted by molar-refractivity contribution is -0.146. The molecular formula is C21H39NO3. The SMILES string of the molecule is CCCC/C=C/CCCCCCCC(CC(=O)N(CC)CC)C(=O)O. The molecule has 4 nitrogen and oxygen atoms in total. The van der Waals surface area contributed by atoms with Crippen LogP contribution in [0.1, 0.15) is 91.4 Å². The van der Waals surface area contributed by atoms with E-state index in [1.54, 1.807) is 4.90 Å². The lowest BCUT2D eigenvalue weighted by Crippen LogP contribution is -2.33. The first-order valence-electron chi connectivity index (χ1n) is 10.2. The molecular weight excluding hydrogens is 314 g/mol. The number of amides is 1. The van der Waals surface area contributed by atoms with E-state index in [0.717, 1.165) is 25.7 Å². The van der Waals surface area contributed by atoms with E-state index in [1.165, 1.54) is 32.1 Å². The van der Waals surface area contributed by atoms with Gasteiger partial charge in [0, 0.05) is 19.5 Å². The number of hydrogen-bond acceptors (Lipinski definition) is 2. The number of rotatable bonds is 16. The summed E-state index contributed by atoms with van der Waals surface area (Å²) in [7, 11) is 0. The summed E-state index contributed by atoms with van der Waals surface area (Å²) in [5, 5.41) is 9.33. The summed E-state index contributed by atoms with van der Waals surface area (Å²) in [5.74, 6) is -1.40. The van der Waals surface area contributed by atoms with Crippen molar-refractivity contribution >= 4 is 11.9 Å². The highest BCUT2D eigenvalue weighted by Crippen LogP contribution is 2.17. The van der Waals surface area contributed by atoms with Gasteiger partial charge >= 0.3 is 5.97 Å². The summed E-state index contributed by atoms with van der Waals surface area (Å²) in [4.78, 5) is 25.2. The zero-order valence-electron chi connectivity index (χ0n) is 16.6. The van der Waals surface area contributed by atoms with Gasteiger partial charge in [0.15, 0.2) is 0 Å². The molecule has 1 unspecified atom stereocenters. The van der Waals surface area contributed by atoms with Gasteiger partial charge in [-0.2, -0.15) is 0 Å². The third-order valence-electron chi connectivity index (χ3n) is 4.70. The van der Waals surface area contributed by atoms with E-state index in [-0.39, 0.29) is 12.3 Å². The molecule has 0 bridgehead atoms. The summed E-state index contributed by atoms with van der Waals surface area (Å²) in [6.07, 6.45) is 15.7. The summed E-state index contributed by atoms with van der Waals surface area (Å²) in [6, 6.07) is 0. The topological polar surface area (TPSA) is 57.6 Å². The maximum atomic E-state index is 12.1. The van der Waals surface area contributed by atoms with Crippen molar-refractivity contribution in [3.8, 4) is 0 Å². The van der Waals surface area contributed by atoms with Crippen LogP contribution in [0.15, 0.2) is 12.2 Å². The average molecular weight is 354 g/mol. The van der Waals surface area contributed by atoms with E-state index >= 15 is 0 Å². The summed E-state index contributed by atoms with van der Waals surface area (Å²) >= 11 is 0. The number of aliphatic carboxylic acids is 1. The van der Waals surface area contributed by atoms with Gasteiger partial charge in [-0.15, -0.1) is 0 Å². The van der Waals surface area contributed by atoms with E-state index in [0.29, 0.717) is 19.5 Å². The van der Waals surface area contributed by atoms with Crippen LogP contribution in [0.3, 0.4) is 0 Å². The van der Waals surface area contributed by atoms with Crippen molar-refractivity contribution in [3.63, 3.8) is 0 Å². The largest absolute Gasteiger partial charge is 0.481 e. The van der Waals surface area contributed by atoms with Crippen molar-refractivity contribution in [1.29, 1.82) is 0 Å². The van der Waals surface area contributed by atoms with Crippen LogP contribution in [0.25, 0.3) is 0 Å². The molecule has 0 radical (unpaired) electrons. The molecule has 0 saturated carbocycles. The first-order chi connectivity index (χ1) is 12.1. The molecule has 25 heavy (non-hydrogen) atoms. The molecule has 0 aromatic heterocycles. The van der Waals surface area contributed by atoms with Crippen LogP contribution >= 0.6 is 0 Å². The zero-order valence-corrected chi connectivity index (χ0v) is 16.6.